The topological polar surface area (TPSA) is 63.8 Å². The molecular weight excluding hydrogens is 268 g/mol. The molecule has 5 heteroatoms. The van der Waals surface area contributed by atoms with E-state index in [0.717, 1.165) is 28.1 Å². The third kappa shape index (κ3) is 2.50. The molecule has 0 unspecified atom stereocenters. The Kier molecular flexibility index (Phi) is 3.62. The molecule has 0 spiro atoms. The van der Waals surface area contributed by atoms with Crippen LogP contribution in [-0.4, -0.2) is 9.97 Å². The van der Waals surface area contributed by atoms with Crippen LogP contribution in [0.25, 0.3) is 10.2 Å². The van der Waals surface area contributed by atoms with Gasteiger partial charge in [-0.15, -0.1) is 11.3 Å². The number of nitrogens with two attached hydrogens (primary N) is 1. The zero-order valence-corrected chi connectivity index (χ0v) is 12.1. The first kappa shape index (κ1) is 13.0. The van der Waals surface area contributed by atoms with Crippen molar-refractivity contribution in [1.82, 2.24) is 9.97 Å². The fourth-order valence-electron chi connectivity index (χ4n) is 2.07. The maximum absolute atomic E-state index is 5.60. The minimum Gasteiger partial charge on any atom is -0.365 e. The van der Waals surface area contributed by atoms with Crippen LogP contribution >= 0.6 is 11.3 Å². The van der Waals surface area contributed by atoms with Crippen LogP contribution in [0.5, 0.6) is 0 Å². The summed E-state index contributed by atoms with van der Waals surface area (Å²) < 4.78 is 1.11. The second-order valence-electron chi connectivity index (χ2n) is 4.69. The predicted molar refractivity (Wildman–Crippen MR) is 83.8 cm³/mol. The molecule has 3 N–H and O–H groups in total. The van der Waals surface area contributed by atoms with Gasteiger partial charge in [0.1, 0.15) is 12.1 Å². The number of nitrogens with zero attached hydrogens (tertiary/aromatic N) is 2. The first-order valence-electron chi connectivity index (χ1n) is 6.48. The van der Waals surface area contributed by atoms with Gasteiger partial charge in [0.15, 0.2) is 0 Å². The summed E-state index contributed by atoms with van der Waals surface area (Å²) in [5, 5.41) is 5.49. The Labute approximate surface area is 121 Å². The van der Waals surface area contributed by atoms with Crippen LogP contribution in [0.2, 0.25) is 0 Å². The van der Waals surface area contributed by atoms with Gasteiger partial charge in [-0.3, -0.25) is 0 Å². The van der Waals surface area contributed by atoms with Gasteiger partial charge in [0.2, 0.25) is 0 Å². The predicted octanol–water partition coefficient (Wildman–Crippen LogP) is 3.07. The number of rotatable bonds is 4. The van der Waals surface area contributed by atoms with Gasteiger partial charge < -0.3 is 11.1 Å². The maximum Gasteiger partial charge on any atom is 0.147 e. The van der Waals surface area contributed by atoms with Gasteiger partial charge in [0, 0.05) is 13.1 Å². The summed E-state index contributed by atoms with van der Waals surface area (Å²) >= 11 is 1.68. The van der Waals surface area contributed by atoms with E-state index in [2.05, 4.69) is 51.9 Å². The molecule has 0 atom stereocenters. The highest BCUT2D eigenvalue weighted by Gasteiger charge is 2.07. The van der Waals surface area contributed by atoms with E-state index >= 15 is 0 Å². The Balaban J connectivity index is 1.79. The van der Waals surface area contributed by atoms with Gasteiger partial charge in [-0.25, -0.2) is 9.97 Å². The molecule has 2 heterocycles. The maximum atomic E-state index is 5.60. The number of hydrogen-bond acceptors (Lipinski definition) is 5. The molecule has 0 radical (unpaired) electrons. The molecule has 0 saturated carbocycles. The van der Waals surface area contributed by atoms with Crippen molar-refractivity contribution in [2.24, 2.45) is 5.73 Å². The lowest BCUT2D eigenvalue weighted by Gasteiger charge is -2.07. The lowest BCUT2D eigenvalue weighted by atomic mass is 10.1. The average molecular weight is 284 g/mol. The van der Waals surface area contributed by atoms with Gasteiger partial charge in [-0.2, -0.15) is 0 Å². The number of hydrogen-bond donors (Lipinski definition) is 2. The Morgan fingerprint density at radius 3 is 2.65 bits per heavy atom. The molecule has 1 aromatic carbocycles. The van der Waals surface area contributed by atoms with Crippen molar-refractivity contribution in [1.29, 1.82) is 0 Å². The van der Waals surface area contributed by atoms with Crippen LogP contribution in [-0.2, 0) is 13.1 Å². The SMILES string of the molecule is Cc1csc2c(NCc3ccc(CN)cc3)ncnc12. The molecule has 2 aromatic heterocycles. The highest BCUT2D eigenvalue weighted by atomic mass is 32.1. The minimum atomic E-state index is 0.578. The van der Waals surface area contributed by atoms with Crippen LogP contribution in [0.15, 0.2) is 36.0 Å². The third-order valence-electron chi connectivity index (χ3n) is 3.25. The van der Waals surface area contributed by atoms with Crippen molar-refractivity contribution in [2.75, 3.05) is 5.32 Å². The third-order valence-corrected chi connectivity index (χ3v) is 4.34. The van der Waals surface area contributed by atoms with Crippen LogP contribution in [0.4, 0.5) is 5.82 Å². The van der Waals surface area contributed by atoms with Crippen LogP contribution in [0.1, 0.15) is 16.7 Å². The van der Waals surface area contributed by atoms with Crippen molar-refractivity contribution < 1.29 is 0 Å². The summed E-state index contributed by atoms with van der Waals surface area (Å²) in [6, 6.07) is 8.30. The Morgan fingerprint density at radius 2 is 1.90 bits per heavy atom. The van der Waals surface area contributed by atoms with E-state index < -0.39 is 0 Å². The van der Waals surface area contributed by atoms with E-state index in [-0.39, 0.29) is 0 Å². The first-order valence-corrected chi connectivity index (χ1v) is 7.36. The summed E-state index contributed by atoms with van der Waals surface area (Å²) in [6.07, 6.45) is 1.61. The van der Waals surface area contributed by atoms with Gasteiger partial charge in [0.05, 0.1) is 10.2 Å². The number of benzene rings is 1. The van der Waals surface area contributed by atoms with Crippen LogP contribution in [0, 0.1) is 6.92 Å². The van der Waals surface area contributed by atoms with E-state index in [0.29, 0.717) is 6.54 Å². The number of aromatic nitrogens is 2. The summed E-state index contributed by atoms with van der Waals surface area (Å²) in [4.78, 5) is 8.66. The Hall–Kier alpha value is -1.98. The van der Waals surface area contributed by atoms with Crippen molar-refractivity contribution >= 4 is 27.4 Å². The Morgan fingerprint density at radius 1 is 1.15 bits per heavy atom. The van der Waals surface area contributed by atoms with Gasteiger partial charge in [0.25, 0.3) is 0 Å². The normalized spacial score (nSPS) is 10.9. The molecule has 0 aliphatic heterocycles. The van der Waals surface area contributed by atoms with Crippen LogP contribution < -0.4 is 11.1 Å². The van der Waals surface area contributed by atoms with Crippen LogP contribution in [0.3, 0.4) is 0 Å². The molecule has 20 heavy (non-hydrogen) atoms. The fourth-order valence-corrected chi connectivity index (χ4v) is 3.04. The summed E-state index contributed by atoms with van der Waals surface area (Å²) in [6.45, 7) is 3.39. The molecule has 0 bridgehead atoms. The van der Waals surface area contributed by atoms with Gasteiger partial charge in [-0.1, -0.05) is 24.3 Å². The second-order valence-corrected chi connectivity index (χ2v) is 5.57. The minimum absolute atomic E-state index is 0.578. The lowest BCUT2D eigenvalue weighted by molar-refractivity contribution is 1.05. The monoisotopic (exact) mass is 284 g/mol. The summed E-state index contributed by atoms with van der Waals surface area (Å²) in [5.74, 6) is 0.899. The number of thiophene rings is 1. The molecule has 3 rings (SSSR count). The second kappa shape index (κ2) is 5.56. The number of aryl methyl sites for hydroxylation is 1. The summed E-state index contributed by atoms with van der Waals surface area (Å²) in [7, 11) is 0. The van der Waals surface area contributed by atoms with E-state index in [1.165, 1.54) is 11.1 Å². The molecule has 0 amide bonds. The quantitative estimate of drug-likeness (QED) is 0.773. The number of fused-ring (bicyclic) bond motifs is 1. The zero-order valence-electron chi connectivity index (χ0n) is 11.3. The van der Waals surface area contributed by atoms with Crippen molar-refractivity contribution in [2.45, 2.75) is 20.0 Å². The molecule has 0 saturated heterocycles. The molecule has 4 nitrogen and oxygen atoms in total. The van der Waals surface area contributed by atoms with Crippen molar-refractivity contribution in [3.8, 4) is 0 Å². The fraction of sp³-hybridized carbons (Fsp3) is 0.200. The van der Waals surface area contributed by atoms with E-state index in [9.17, 15) is 0 Å². The summed E-state index contributed by atoms with van der Waals surface area (Å²) in [5.41, 5.74) is 10.2. The molecule has 0 aliphatic rings. The number of anilines is 1. The lowest BCUT2D eigenvalue weighted by Crippen LogP contribution is -2.02. The molecular formula is C15H16N4S. The number of nitrogens with one attached hydrogen (secondary N) is 1. The van der Waals surface area contributed by atoms with Gasteiger partial charge >= 0.3 is 0 Å². The largest absolute Gasteiger partial charge is 0.365 e. The van der Waals surface area contributed by atoms with Crippen molar-refractivity contribution in [3.63, 3.8) is 0 Å². The highest BCUT2D eigenvalue weighted by molar-refractivity contribution is 7.18. The average Bonchev–Trinajstić information content (AvgIpc) is 2.88. The highest BCUT2D eigenvalue weighted by Crippen LogP contribution is 2.28. The zero-order chi connectivity index (χ0) is 13.9. The first-order chi connectivity index (χ1) is 9.78. The molecule has 102 valence electrons. The van der Waals surface area contributed by atoms with E-state index in [4.69, 9.17) is 5.73 Å². The van der Waals surface area contributed by atoms with Gasteiger partial charge in [-0.05, 0) is 29.0 Å². The Bertz CT molecular complexity index is 718. The molecule has 0 aliphatic carbocycles. The van der Waals surface area contributed by atoms with E-state index in [1.807, 2.05) is 0 Å². The standard InChI is InChI=1S/C15H16N4S/c1-10-8-20-14-13(10)18-9-19-15(14)17-7-12-4-2-11(6-16)3-5-12/h2-5,8-9H,6-7,16H2,1H3,(H,17,18,19). The van der Waals surface area contributed by atoms with Crippen molar-refractivity contribution in [3.05, 3.63) is 52.7 Å². The molecule has 3 aromatic rings. The molecule has 0 fully saturated rings. The van der Waals surface area contributed by atoms with E-state index in [1.54, 1.807) is 17.7 Å². The smallest absolute Gasteiger partial charge is 0.147 e.